The molecule has 1 amide bonds. The van der Waals surface area contributed by atoms with Gasteiger partial charge in [0.05, 0.1) is 0 Å². The molecule has 0 aliphatic heterocycles. The van der Waals surface area contributed by atoms with E-state index < -0.39 is 29.0 Å². The summed E-state index contributed by atoms with van der Waals surface area (Å²) in [5.74, 6) is -0.912. The van der Waals surface area contributed by atoms with Gasteiger partial charge in [-0.2, -0.15) is 13.2 Å². The van der Waals surface area contributed by atoms with Crippen LogP contribution in [0.4, 0.5) is 24.5 Å². The summed E-state index contributed by atoms with van der Waals surface area (Å²) >= 11 is 0. The summed E-state index contributed by atoms with van der Waals surface area (Å²) in [6.45, 7) is 0.422. The first-order chi connectivity index (χ1) is 19.1. The number of nitrogens with zero attached hydrogens (tertiary/aromatic N) is 1. The summed E-state index contributed by atoms with van der Waals surface area (Å²) in [5, 5.41) is 19.6. The van der Waals surface area contributed by atoms with E-state index in [9.17, 15) is 22.9 Å². The third-order valence-corrected chi connectivity index (χ3v) is 6.51. The van der Waals surface area contributed by atoms with Gasteiger partial charge in [-0.1, -0.05) is 59.8 Å². The highest BCUT2D eigenvalue weighted by atomic mass is 19.4. The zero-order valence-electron chi connectivity index (χ0n) is 21.5. The molecule has 6 N–H and O–H groups in total. The minimum Gasteiger partial charge on any atom is -0.351 e. The summed E-state index contributed by atoms with van der Waals surface area (Å²) in [5.41, 5.74) is 4.56. The van der Waals surface area contributed by atoms with E-state index in [0.29, 0.717) is 34.5 Å². The topological polar surface area (TPSA) is 132 Å². The number of halogens is 3. The Kier molecular flexibility index (Phi) is 8.76. The van der Waals surface area contributed by atoms with Crippen molar-refractivity contribution in [2.45, 2.75) is 37.1 Å². The molecule has 0 spiro atoms. The lowest BCUT2D eigenvalue weighted by molar-refractivity contribution is -0.112. The third kappa shape index (κ3) is 6.99. The number of nitrogens with one attached hydrogen (secondary N) is 4. The number of anilines is 2. The average Bonchev–Trinajstić information content (AvgIpc) is 3.78. The van der Waals surface area contributed by atoms with Crippen LogP contribution in [0, 0.1) is 10.3 Å². The van der Waals surface area contributed by atoms with Crippen LogP contribution in [-0.2, 0) is 16.9 Å². The highest BCUT2D eigenvalue weighted by molar-refractivity contribution is 6.11. The number of nitrogens with two attached hydrogens (primary N) is 1. The molecule has 1 atom stereocenters. The second-order valence-corrected chi connectivity index (χ2v) is 9.51. The normalized spacial score (nSPS) is 15.2. The van der Waals surface area contributed by atoms with Crippen molar-refractivity contribution >= 4 is 23.0 Å². The fourth-order valence-electron chi connectivity index (χ4n) is 4.17. The van der Waals surface area contributed by atoms with Crippen molar-refractivity contribution < 1.29 is 18.0 Å². The maximum Gasteiger partial charge on any atom is 0.432 e. The minimum absolute atomic E-state index is 0.190. The van der Waals surface area contributed by atoms with Gasteiger partial charge < -0.3 is 21.7 Å². The van der Waals surface area contributed by atoms with Crippen molar-refractivity contribution in [3.8, 4) is 0 Å². The second-order valence-electron chi connectivity index (χ2n) is 9.51. The Bertz CT molecular complexity index is 1410. The summed E-state index contributed by atoms with van der Waals surface area (Å²) in [7, 11) is 0. The number of rotatable bonds is 12. The van der Waals surface area contributed by atoms with Gasteiger partial charge >= 0.3 is 6.18 Å². The molecule has 0 heterocycles. The fraction of sp³-hybridized carbons (Fsp3) is 0.241. The summed E-state index contributed by atoms with van der Waals surface area (Å²) in [4.78, 5) is 25.7. The number of hydrogen-bond acceptors (Lipinski definition) is 7. The predicted molar refractivity (Wildman–Crippen MR) is 149 cm³/mol. The van der Waals surface area contributed by atoms with Crippen LogP contribution in [0.2, 0.25) is 0 Å². The second kappa shape index (κ2) is 12.2. The number of carbonyl (C=O) groups excluding carboxylic acids is 1. The summed E-state index contributed by atoms with van der Waals surface area (Å²) in [6.07, 6.45) is -2.52. The van der Waals surface area contributed by atoms with Crippen LogP contribution in [0.25, 0.3) is 0 Å². The molecular weight excluding hydrogens is 521 g/mol. The SMILES string of the molecule is N=C(/C=C(\Nc1cccc(CN)c1)C(=O)Nc1cccc(C(CNC2CC2)(N=O)c2ccccc2)c1)C(F)(F)F. The Balaban J connectivity index is 1.65. The molecule has 11 heteroatoms. The van der Waals surface area contributed by atoms with E-state index in [4.69, 9.17) is 11.1 Å². The van der Waals surface area contributed by atoms with Crippen LogP contribution in [0.5, 0.6) is 0 Å². The number of carbonyl (C=O) groups is 1. The molecule has 40 heavy (non-hydrogen) atoms. The lowest BCUT2D eigenvalue weighted by Crippen LogP contribution is -2.38. The fourth-order valence-corrected chi connectivity index (χ4v) is 4.17. The van der Waals surface area contributed by atoms with Crippen LogP contribution >= 0.6 is 0 Å². The molecule has 1 aliphatic rings. The van der Waals surface area contributed by atoms with E-state index in [-0.39, 0.29) is 18.8 Å². The van der Waals surface area contributed by atoms with Crippen LogP contribution in [-0.4, -0.2) is 30.4 Å². The molecule has 1 fully saturated rings. The third-order valence-electron chi connectivity index (χ3n) is 6.51. The number of alkyl halides is 3. The van der Waals surface area contributed by atoms with Crippen molar-refractivity contribution in [1.82, 2.24) is 5.32 Å². The number of allylic oxidation sites excluding steroid dienone is 1. The molecule has 1 unspecified atom stereocenters. The molecule has 0 radical (unpaired) electrons. The lowest BCUT2D eigenvalue weighted by atomic mass is 9.83. The van der Waals surface area contributed by atoms with Crippen molar-refractivity contribution in [3.63, 3.8) is 0 Å². The number of amides is 1. The molecule has 1 aliphatic carbocycles. The minimum atomic E-state index is -4.95. The average molecular weight is 551 g/mol. The smallest absolute Gasteiger partial charge is 0.351 e. The summed E-state index contributed by atoms with van der Waals surface area (Å²) < 4.78 is 39.6. The largest absolute Gasteiger partial charge is 0.432 e. The van der Waals surface area contributed by atoms with Gasteiger partial charge in [-0.15, -0.1) is 4.91 Å². The maximum atomic E-state index is 13.2. The Labute approximate surface area is 229 Å². The monoisotopic (exact) mass is 550 g/mol. The van der Waals surface area contributed by atoms with Crippen LogP contribution in [0.15, 0.2) is 95.8 Å². The van der Waals surface area contributed by atoms with E-state index in [2.05, 4.69) is 21.1 Å². The zero-order chi connectivity index (χ0) is 28.8. The number of benzene rings is 3. The first-order valence-corrected chi connectivity index (χ1v) is 12.6. The first-order valence-electron chi connectivity index (χ1n) is 12.6. The molecule has 208 valence electrons. The quantitative estimate of drug-likeness (QED) is 0.117. The van der Waals surface area contributed by atoms with Crippen molar-refractivity contribution in [1.29, 1.82) is 5.41 Å². The number of nitroso groups, excluding NO2 is 1. The first kappa shape index (κ1) is 28.7. The predicted octanol–water partition coefficient (Wildman–Crippen LogP) is 5.42. The molecule has 4 rings (SSSR count). The Morgan fingerprint density at radius 3 is 2.23 bits per heavy atom. The maximum absolute atomic E-state index is 13.2. The molecule has 8 nitrogen and oxygen atoms in total. The van der Waals surface area contributed by atoms with Gasteiger partial charge in [0.15, 0.2) is 5.54 Å². The Hall–Kier alpha value is -4.35. The zero-order valence-corrected chi connectivity index (χ0v) is 21.5. The van der Waals surface area contributed by atoms with Gasteiger partial charge in [0.2, 0.25) is 0 Å². The van der Waals surface area contributed by atoms with E-state index in [1.54, 1.807) is 72.8 Å². The lowest BCUT2D eigenvalue weighted by Gasteiger charge is -2.28. The van der Waals surface area contributed by atoms with E-state index >= 15 is 0 Å². The molecule has 3 aromatic rings. The van der Waals surface area contributed by atoms with Gasteiger partial charge in [0.25, 0.3) is 5.91 Å². The van der Waals surface area contributed by atoms with Crippen LogP contribution in [0.3, 0.4) is 0 Å². The van der Waals surface area contributed by atoms with Crippen molar-refractivity contribution in [2.75, 3.05) is 17.2 Å². The molecular formula is C29H29F3N6O2. The highest BCUT2D eigenvalue weighted by Crippen LogP contribution is 2.36. The van der Waals surface area contributed by atoms with Crippen molar-refractivity contribution in [2.24, 2.45) is 10.9 Å². The van der Waals surface area contributed by atoms with Gasteiger partial charge in [-0.25, -0.2) is 0 Å². The van der Waals surface area contributed by atoms with E-state index in [1.165, 1.54) is 0 Å². The van der Waals surface area contributed by atoms with Gasteiger partial charge in [0, 0.05) is 30.5 Å². The molecule has 3 aromatic carbocycles. The Morgan fingerprint density at radius 1 is 0.950 bits per heavy atom. The van der Waals surface area contributed by atoms with Crippen molar-refractivity contribution in [3.05, 3.63) is 112 Å². The van der Waals surface area contributed by atoms with Crippen LogP contribution < -0.4 is 21.7 Å². The summed E-state index contributed by atoms with van der Waals surface area (Å²) in [6, 6.07) is 22.3. The van der Waals surface area contributed by atoms with Gasteiger partial charge in [-0.05, 0) is 59.9 Å². The highest BCUT2D eigenvalue weighted by Gasteiger charge is 2.38. The Morgan fingerprint density at radius 2 is 1.60 bits per heavy atom. The van der Waals surface area contributed by atoms with E-state index in [1.807, 2.05) is 6.07 Å². The number of hydrogen-bond donors (Lipinski definition) is 5. The van der Waals surface area contributed by atoms with Gasteiger partial charge in [0.1, 0.15) is 11.4 Å². The van der Waals surface area contributed by atoms with Gasteiger partial charge in [-0.3, -0.25) is 10.2 Å². The molecule has 0 bridgehead atoms. The molecule has 0 saturated heterocycles. The molecule has 0 aromatic heterocycles. The molecule has 1 saturated carbocycles. The standard InChI is InChI=1S/C29H29F3N6O2/c30-29(31,32)26(34)16-25(36-23-10-4-6-19(14-23)17-33)27(39)37-24-11-5-9-21(15-24)28(38-40,18-35-22-12-13-22)20-7-2-1-3-8-20/h1-11,14-16,22,34-36H,12-13,17-18,33H2,(H,37,39)/b25-16-,34-26?. The van der Waals surface area contributed by atoms with E-state index in [0.717, 1.165) is 12.8 Å². The van der Waals surface area contributed by atoms with Crippen LogP contribution in [0.1, 0.15) is 29.5 Å².